The van der Waals surface area contributed by atoms with Crippen LogP contribution in [0.2, 0.25) is 0 Å². The fourth-order valence-corrected chi connectivity index (χ4v) is 7.51. The van der Waals surface area contributed by atoms with Gasteiger partial charge in [0.15, 0.2) is 0 Å². The Hall–Kier alpha value is -6.73. The highest BCUT2D eigenvalue weighted by Gasteiger charge is 2.29. The molecule has 0 N–H and O–H groups in total. The Morgan fingerprint density at radius 3 is 1.86 bits per heavy atom. The molecule has 0 aliphatic carbocycles. The summed E-state index contributed by atoms with van der Waals surface area (Å²) in [7, 11) is 0. The van der Waals surface area contributed by atoms with Crippen molar-refractivity contribution in [3.05, 3.63) is 205 Å². The van der Waals surface area contributed by atoms with Gasteiger partial charge in [0.05, 0.1) is 19.3 Å². The van der Waals surface area contributed by atoms with Gasteiger partial charge in [0.25, 0.3) is 5.91 Å². The van der Waals surface area contributed by atoms with E-state index < -0.39 is 0 Å². The number of carbonyl (C=O) groups is 1. The maximum atomic E-state index is 13.4. The molecule has 1 amide bonds. The van der Waals surface area contributed by atoms with E-state index >= 15 is 0 Å². The highest BCUT2D eigenvalue weighted by Crippen LogP contribution is 2.40. The minimum atomic E-state index is -0.0400. The number of anilines is 2. The van der Waals surface area contributed by atoms with Crippen molar-refractivity contribution in [2.24, 2.45) is 0 Å². The fourth-order valence-electron chi connectivity index (χ4n) is 7.51. The molecule has 1 aliphatic rings. The van der Waals surface area contributed by atoms with Crippen LogP contribution in [0.1, 0.15) is 78.2 Å². The normalized spacial score (nSPS) is 12.8. The van der Waals surface area contributed by atoms with Gasteiger partial charge in [0, 0.05) is 30.0 Å². The van der Waals surface area contributed by atoms with Gasteiger partial charge in [-0.05, 0) is 133 Å². The SMILES string of the molecule is C=CCOc1ccc(C(=O)N(CCc2cccc(OCCCC)c2)c2ccccc2)cc1.C=CCOc1ccc(C2c3ccc(OCCCC)cc3CCN2c2ccccc2)cc1. The van der Waals surface area contributed by atoms with Crippen LogP contribution in [-0.4, -0.2) is 45.4 Å². The first-order chi connectivity index (χ1) is 31.0. The third-order valence-corrected chi connectivity index (χ3v) is 10.8. The molecule has 1 atom stereocenters. The zero-order valence-electron chi connectivity index (χ0n) is 37.0. The molecule has 7 heteroatoms. The number of unbranched alkanes of at least 4 members (excludes halogenated alkanes) is 2. The van der Waals surface area contributed by atoms with Crippen LogP contribution in [0, 0.1) is 0 Å². The summed E-state index contributed by atoms with van der Waals surface area (Å²) in [5.41, 5.74) is 7.86. The highest BCUT2D eigenvalue weighted by atomic mass is 16.5. The Balaban J connectivity index is 0.000000210. The van der Waals surface area contributed by atoms with E-state index in [1.165, 1.54) is 22.4 Å². The molecule has 0 saturated carbocycles. The van der Waals surface area contributed by atoms with Crippen LogP contribution in [0.25, 0.3) is 0 Å². The van der Waals surface area contributed by atoms with Crippen LogP contribution in [-0.2, 0) is 12.8 Å². The minimum absolute atomic E-state index is 0.0400. The van der Waals surface area contributed by atoms with Crippen molar-refractivity contribution in [2.75, 3.05) is 49.3 Å². The number of amides is 1. The second kappa shape index (κ2) is 24.6. The largest absolute Gasteiger partial charge is 0.494 e. The second-order valence-corrected chi connectivity index (χ2v) is 15.4. The van der Waals surface area contributed by atoms with Gasteiger partial charge in [-0.3, -0.25) is 4.79 Å². The Morgan fingerprint density at radius 1 is 0.651 bits per heavy atom. The topological polar surface area (TPSA) is 60.5 Å². The Kier molecular flexibility index (Phi) is 17.9. The summed E-state index contributed by atoms with van der Waals surface area (Å²) >= 11 is 0. The van der Waals surface area contributed by atoms with E-state index in [0.29, 0.717) is 31.1 Å². The van der Waals surface area contributed by atoms with E-state index in [1.807, 2.05) is 59.5 Å². The van der Waals surface area contributed by atoms with E-state index in [-0.39, 0.29) is 11.9 Å². The first-order valence-corrected chi connectivity index (χ1v) is 22.3. The monoisotopic (exact) mass is 842 g/mol. The number of nitrogens with zero attached hydrogens (tertiary/aromatic N) is 2. The number of carbonyl (C=O) groups excluding carboxylic acids is 1. The molecule has 7 nitrogen and oxygen atoms in total. The molecule has 7 rings (SSSR count). The lowest BCUT2D eigenvalue weighted by Gasteiger charge is -2.39. The van der Waals surface area contributed by atoms with Crippen LogP contribution in [0.4, 0.5) is 11.4 Å². The zero-order chi connectivity index (χ0) is 44.1. The first-order valence-electron chi connectivity index (χ1n) is 22.3. The van der Waals surface area contributed by atoms with Gasteiger partial charge >= 0.3 is 0 Å². The summed E-state index contributed by atoms with van der Waals surface area (Å²) in [4.78, 5) is 17.7. The van der Waals surface area contributed by atoms with Gasteiger partial charge in [-0.15, -0.1) is 0 Å². The smallest absolute Gasteiger partial charge is 0.258 e. The van der Waals surface area contributed by atoms with Crippen molar-refractivity contribution in [3.63, 3.8) is 0 Å². The molecule has 326 valence electrons. The van der Waals surface area contributed by atoms with Gasteiger partial charge < -0.3 is 28.7 Å². The summed E-state index contributed by atoms with van der Waals surface area (Å²) in [5.74, 6) is 3.40. The summed E-state index contributed by atoms with van der Waals surface area (Å²) < 4.78 is 23.0. The molecule has 0 saturated heterocycles. The average molecular weight is 843 g/mol. The van der Waals surface area contributed by atoms with Crippen molar-refractivity contribution in [2.45, 2.75) is 58.4 Å². The molecule has 0 radical (unpaired) electrons. The number of fused-ring (bicyclic) bond motifs is 1. The molecule has 1 aliphatic heterocycles. The van der Waals surface area contributed by atoms with E-state index in [1.54, 1.807) is 24.3 Å². The Morgan fingerprint density at radius 2 is 1.24 bits per heavy atom. The third kappa shape index (κ3) is 13.4. The number of benzene rings is 6. The first kappa shape index (κ1) is 45.8. The second-order valence-electron chi connectivity index (χ2n) is 15.4. The number of hydrogen-bond acceptors (Lipinski definition) is 6. The maximum absolute atomic E-state index is 13.4. The maximum Gasteiger partial charge on any atom is 0.258 e. The van der Waals surface area contributed by atoms with E-state index in [0.717, 1.165) is 86.8 Å². The lowest BCUT2D eigenvalue weighted by molar-refractivity contribution is 0.0987. The number of rotatable bonds is 21. The van der Waals surface area contributed by atoms with Crippen molar-refractivity contribution >= 4 is 17.3 Å². The van der Waals surface area contributed by atoms with Gasteiger partial charge in [0.2, 0.25) is 0 Å². The van der Waals surface area contributed by atoms with Gasteiger partial charge in [-0.2, -0.15) is 0 Å². The third-order valence-electron chi connectivity index (χ3n) is 10.8. The molecule has 6 aromatic carbocycles. The molecule has 0 spiro atoms. The van der Waals surface area contributed by atoms with Crippen molar-refractivity contribution in [1.29, 1.82) is 0 Å². The molecular formula is C56H62N2O5. The van der Waals surface area contributed by atoms with E-state index in [9.17, 15) is 4.79 Å². The molecule has 63 heavy (non-hydrogen) atoms. The Bertz CT molecular complexity index is 2290. The van der Waals surface area contributed by atoms with Crippen molar-refractivity contribution in [3.8, 4) is 23.0 Å². The fraction of sp³-hybridized carbons (Fsp3) is 0.268. The van der Waals surface area contributed by atoms with Crippen LogP contribution in [0.5, 0.6) is 23.0 Å². The van der Waals surface area contributed by atoms with Crippen LogP contribution in [0.3, 0.4) is 0 Å². The minimum Gasteiger partial charge on any atom is -0.494 e. The van der Waals surface area contributed by atoms with Gasteiger partial charge in [-0.25, -0.2) is 0 Å². The van der Waals surface area contributed by atoms with Crippen LogP contribution in [0.15, 0.2) is 177 Å². The average Bonchev–Trinajstić information content (AvgIpc) is 3.34. The number of hydrogen-bond donors (Lipinski definition) is 0. The van der Waals surface area contributed by atoms with Crippen molar-refractivity contribution in [1.82, 2.24) is 0 Å². The molecule has 0 bridgehead atoms. The van der Waals surface area contributed by atoms with E-state index in [4.69, 9.17) is 18.9 Å². The molecular weight excluding hydrogens is 781 g/mol. The number of para-hydroxylation sites is 2. The molecule has 6 aromatic rings. The zero-order valence-corrected chi connectivity index (χ0v) is 37.0. The quantitative estimate of drug-likeness (QED) is 0.0531. The summed E-state index contributed by atoms with van der Waals surface area (Å²) in [5, 5.41) is 0. The van der Waals surface area contributed by atoms with Gasteiger partial charge in [-0.1, -0.05) is 119 Å². The van der Waals surface area contributed by atoms with Gasteiger partial charge in [0.1, 0.15) is 36.2 Å². The summed E-state index contributed by atoms with van der Waals surface area (Å²) in [6.45, 7) is 15.7. The Labute approximate surface area is 375 Å². The predicted molar refractivity (Wildman–Crippen MR) is 259 cm³/mol. The summed E-state index contributed by atoms with van der Waals surface area (Å²) in [6, 6.07) is 51.1. The number of ether oxygens (including phenoxy) is 4. The van der Waals surface area contributed by atoms with Crippen LogP contribution >= 0.6 is 0 Å². The van der Waals surface area contributed by atoms with Crippen LogP contribution < -0.4 is 28.7 Å². The molecule has 1 unspecified atom stereocenters. The van der Waals surface area contributed by atoms with E-state index in [2.05, 4.69) is 117 Å². The molecule has 1 heterocycles. The molecule has 0 aromatic heterocycles. The molecule has 0 fully saturated rings. The summed E-state index contributed by atoms with van der Waals surface area (Å²) in [6.07, 6.45) is 9.57. The standard InChI is InChI=1S/C28H31NO3.C28H31NO2/c1-3-5-21-32-27-13-9-10-23(22-27)18-19-29(25-11-7-6-8-12-25)28(30)24-14-16-26(17-15-24)31-20-4-2;1-3-5-20-31-26-15-16-27-23(21-26)17-18-29(24-9-7-6-8-10-24)28(27)22-11-13-25(14-12-22)30-19-4-2/h4,6-17,22H,2-3,5,18-21H2,1H3;4,6-16,21,28H,2-3,5,17-20H2,1H3. The lowest BCUT2D eigenvalue weighted by atomic mass is 9.87. The lowest BCUT2D eigenvalue weighted by Crippen LogP contribution is -2.36. The highest BCUT2D eigenvalue weighted by molar-refractivity contribution is 6.06. The van der Waals surface area contributed by atoms with Crippen molar-refractivity contribution < 1.29 is 23.7 Å². The predicted octanol–water partition coefficient (Wildman–Crippen LogP) is 12.9.